The number of fused-ring (bicyclic) bond motifs is 1. The number of nitrogens with two attached hydrogens (primary N) is 1. The Kier molecular flexibility index (Phi) is 5.17. The van der Waals surface area contributed by atoms with Gasteiger partial charge in [0.25, 0.3) is 0 Å². The molecule has 26 heavy (non-hydrogen) atoms. The van der Waals surface area contributed by atoms with Crippen molar-refractivity contribution in [2.45, 2.75) is 32.7 Å². The van der Waals surface area contributed by atoms with E-state index in [-0.39, 0.29) is 17.9 Å². The number of halogens is 1. The molecule has 1 amide bonds. The minimum absolute atomic E-state index is 0.0311. The maximum absolute atomic E-state index is 12.4. The lowest BCUT2D eigenvalue weighted by Gasteiger charge is -2.25. The van der Waals surface area contributed by atoms with Crippen molar-refractivity contribution >= 4 is 45.3 Å². The van der Waals surface area contributed by atoms with Gasteiger partial charge in [0.1, 0.15) is 17.8 Å². The molecule has 3 N–H and O–H groups in total. The molecule has 0 unspecified atom stereocenters. The summed E-state index contributed by atoms with van der Waals surface area (Å²) in [6.07, 6.45) is 1.73. The van der Waals surface area contributed by atoms with Gasteiger partial charge in [-0.1, -0.05) is 52.9 Å². The number of nitrogens with one attached hydrogen (secondary N) is 1. The Balaban J connectivity index is 2.40. The summed E-state index contributed by atoms with van der Waals surface area (Å²) in [5, 5.41) is 3.67. The van der Waals surface area contributed by atoms with Crippen molar-refractivity contribution in [2.24, 2.45) is 0 Å². The number of anilines is 1. The van der Waals surface area contributed by atoms with E-state index in [0.717, 1.165) is 27.9 Å². The van der Waals surface area contributed by atoms with Crippen LogP contribution >= 0.6 is 22.6 Å². The van der Waals surface area contributed by atoms with Crippen molar-refractivity contribution in [3.63, 3.8) is 0 Å². The van der Waals surface area contributed by atoms with E-state index in [1.165, 1.54) is 6.33 Å². The molecule has 0 aliphatic rings. The van der Waals surface area contributed by atoms with Gasteiger partial charge in [0.15, 0.2) is 0 Å². The predicted octanol–water partition coefficient (Wildman–Crippen LogP) is 3.49. The quantitative estimate of drug-likeness (QED) is 0.353. The Morgan fingerprint density at radius 1 is 1.23 bits per heavy atom. The highest BCUT2D eigenvalue weighted by Crippen LogP contribution is 2.39. The summed E-state index contributed by atoms with van der Waals surface area (Å²) < 4.78 is 2.67. The number of rotatable bonds is 4. The van der Waals surface area contributed by atoms with Crippen LogP contribution in [0.15, 0.2) is 36.7 Å². The minimum Gasteiger partial charge on any atom is -0.383 e. The first-order valence-electron chi connectivity index (χ1n) is 8.37. The molecule has 0 atom stereocenters. The molecule has 3 rings (SSSR count). The van der Waals surface area contributed by atoms with E-state index in [1.807, 2.05) is 30.3 Å². The highest BCUT2D eigenvalue weighted by molar-refractivity contribution is 14.1. The Hall–Kier alpha value is -2.16. The van der Waals surface area contributed by atoms with Crippen LogP contribution in [0.1, 0.15) is 26.5 Å². The summed E-state index contributed by atoms with van der Waals surface area (Å²) in [6, 6.07) is 9.96. The number of nitrogens with zero attached hydrogens (tertiary/aromatic N) is 3. The van der Waals surface area contributed by atoms with E-state index < -0.39 is 0 Å². The van der Waals surface area contributed by atoms with E-state index in [0.29, 0.717) is 10.4 Å². The van der Waals surface area contributed by atoms with Crippen LogP contribution in [0.2, 0.25) is 0 Å². The topological polar surface area (TPSA) is 85.8 Å². The fourth-order valence-electron chi connectivity index (χ4n) is 3.28. The van der Waals surface area contributed by atoms with E-state index in [9.17, 15) is 4.79 Å². The second-order valence-electron chi connectivity index (χ2n) is 7.06. The molecule has 0 bridgehead atoms. The molecular formula is C19H22IN5O. The number of hydrogen-bond acceptors (Lipinski definition) is 4. The zero-order valence-electron chi connectivity index (χ0n) is 15.1. The third-order valence-corrected chi connectivity index (χ3v) is 4.58. The standard InChI is InChI=1S/C19H22IN5O/c1-19(2,3)25-13(9-14(26)22-10-20)15(12-7-5-4-6-8-12)16-17(21)23-11-24-18(16)25/h4-8,11H,9-10H2,1-3H3,(H,22,26)(H2,21,23,24). The lowest BCUT2D eigenvalue weighted by Crippen LogP contribution is -2.29. The summed E-state index contributed by atoms with van der Waals surface area (Å²) in [5.74, 6) is 0.392. The third kappa shape index (κ3) is 3.40. The number of nitrogen functional groups attached to an aromatic ring is 1. The number of benzene rings is 1. The smallest absolute Gasteiger partial charge is 0.226 e. The number of carbonyl (C=O) groups is 1. The molecule has 0 spiro atoms. The monoisotopic (exact) mass is 463 g/mol. The molecule has 0 aliphatic heterocycles. The average Bonchev–Trinajstić information content (AvgIpc) is 2.91. The molecule has 2 heterocycles. The predicted molar refractivity (Wildman–Crippen MR) is 113 cm³/mol. The molecule has 0 fully saturated rings. The second-order valence-corrected chi connectivity index (χ2v) is 7.82. The van der Waals surface area contributed by atoms with Crippen molar-refractivity contribution < 1.29 is 4.79 Å². The molecule has 1 aromatic carbocycles. The van der Waals surface area contributed by atoms with Crippen LogP contribution in [0.5, 0.6) is 0 Å². The Morgan fingerprint density at radius 2 is 1.92 bits per heavy atom. The molecule has 2 aromatic heterocycles. The average molecular weight is 463 g/mol. The van der Waals surface area contributed by atoms with Crippen LogP contribution in [0.4, 0.5) is 5.82 Å². The first kappa shape index (κ1) is 18.6. The lowest BCUT2D eigenvalue weighted by molar-refractivity contribution is -0.120. The number of hydrogen-bond donors (Lipinski definition) is 2. The Morgan fingerprint density at radius 3 is 2.54 bits per heavy atom. The van der Waals surface area contributed by atoms with E-state index in [1.54, 1.807) is 0 Å². The number of alkyl halides is 1. The maximum Gasteiger partial charge on any atom is 0.226 e. The molecule has 0 aliphatic carbocycles. The van der Waals surface area contributed by atoms with Gasteiger partial charge >= 0.3 is 0 Å². The van der Waals surface area contributed by atoms with E-state index in [4.69, 9.17) is 5.73 Å². The molecule has 0 saturated heterocycles. The van der Waals surface area contributed by atoms with Gasteiger partial charge < -0.3 is 15.6 Å². The summed E-state index contributed by atoms with van der Waals surface area (Å²) in [4.78, 5) is 21.1. The van der Waals surface area contributed by atoms with Gasteiger partial charge in [-0.05, 0) is 26.3 Å². The third-order valence-electron chi connectivity index (χ3n) is 4.20. The molecule has 7 heteroatoms. The first-order chi connectivity index (χ1) is 12.3. The van der Waals surface area contributed by atoms with Crippen LogP contribution in [-0.2, 0) is 16.8 Å². The van der Waals surface area contributed by atoms with Crippen LogP contribution < -0.4 is 11.1 Å². The van der Waals surface area contributed by atoms with E-state index >= 15 is 0 Å². The van der Waals surface area contributed by atoms with Crippen LogP contribution in [-0.4, -0.2) is 25.0 Å². The highest BCUT2D eigenvalue weighted by atomic mass is 127. The second kappa shape index (κ2) is 7.22. The Labute approximate surface area is 166 Å². The van der Waals surface area contributed by atoms with Gasteiger partial charge in [-0.3, -0.25) is 4.79 Å². The van der Waals surface area contributed by atoms with Crippen molar-refractivity contribution in [2.75, 3.05) is 10.3 Å². The molecule has 136 valence electrons. The SMILES string of the molecule is CC(C)(C)n1c(CC(=O)NCI)c(-c2ccccc2)c2c(N)ncnc21. The van der Waals surface area contributed by atoms with Crippen LogP contribution in [0.25, 0.3) is 22.2 Å². The van der Waals surface area contributed by atoms with Crippen molar-refractivity contribution in [1.82, 2.24) is 19.9 Å². The van der Waals surface area contributed by atoms with Crippen LogP contribution in [0.3, 0.4) is 0 Å². The molecular weight excluding hydrogens is 441 g/mol. The highest BCUT2D eigenvalue weighted by Gasteiger charge is 2.28. The van der Waals surface area contributed by atoms with Gasteiger partial charge in [0.05, 0.1) is 16.4 Å². The summed E-state index contributed by atoms with van der Waals surface area (Å²) in [6.45, 7) is 6.29. The van der Waals surface area contributed by atoms with Crippen molar-refractivity contribution in [3.05, 3.63) is 42.4 Å². The molecule has 0 saturated carbocycles. The number of carbonyl (C=O) groups excluding carboxylic acids is 1. The molecule has 3 aromatic rings. The van der Waals surface area contributed by atoms with Crippen molar-refractivity contribution in [1.29, 1.82) is 0 Å². The Bertz CT molecular complexity index is 944. The van der Waals surface area contributed by atoms with E-state index in [2.05, 4.69) is 63.2 Å². The lowest BCUT2D eigenvalue weighted by atomic mass is 10.0. The largest absolute Gasteiger partial charge is 0.383 e. The fourth-order valence-corrected chi connectivity index (χ4v) is 3.70. The molecule has 0 radical (unpaired) electrons. The zero-order chi connectivity index (χ0) is 18.9. The fraction of sp³-hybridized carbons (Fsp3) is 0.316. The number of aromatic nitrogens is 3. The number of amides is 1. The summed E-state index contributed by atoms with van der Waals surface area (Å²) in [5.41, 5.74) is 9.55. The van der Waals surface area contributed by atoms with Gasteiger partial charge in [-0.2, -0.15) is 0 Å². The van der Waals surface area contributed by atoms with Gasteiger partial charge in [-0.15, -0.1) is 0 Å². The van der Waals surface area contributed by atoms with Gasteiger partial charge in [-0.25, -0.2) is 9.97 Å². The van der Waals surface area contributed by atoms with Gasteiger partial charge in [0, 0.05) is 16.8 Å². The zero-order valence-corrected chi connectivity index (χ0v) is 17.2. The van der Waals surface area contributed by atoms with Crippen LogP contribution in [0, 0.1) is 0 Å². The normalized spacial score (nSPS) is 11.7. The van der Waals surface area contributed by atoms with Crippen molar-refractivity contribution in [3.8, 4) is 11.1 Å². The summed E-state index contributed by atoms with van der Waals surface area (Å²) >= 11 is 2.13. The first-order valence-corrected chi connectivity index (χ1v) is 9.89. The minimum atomic E-state index is -0.272. The summed E-state index contributed by atoms with van der Waals surface area (Å²) in [7, 11) is 0. The maximum atomic E-state index is 12.4. The molecule has 6 nitrogen and oxygen atoms in total. The van der Waals surface area contributed by atoms with Gasteiger partial charge in [0.2, 0.25) is 5.91 Å².